The summed E-state index contributed by atoms with van der Waals surface area (Å²) in [7, 11) is 0. The molecule has 3 saturated carbocycles. The van der Waals surface area contributed by atoms with Crippen LogP contribution < -0.4 is 0 Å². The number of allylic oxidation sites excluding steroid dienone is 2. The van der Waals surface area contributed by atoms with E-state index >= 15 is 0 Å². The molecule has 3 rings (SSSR count). The second-order valence-electron chi connectivity index (χ2n) is 9.37. The molecule has 0 aromatic carbocycles. The van der Waals surface area contributed by atoms with Crippen molar-refractivity contribution in [2.45, 2.75) is 102 Å². The monoisotopic (exact) mass is 370 g/mol. The highest BCUT2D eigenvalue weighted by molar-refractivity contribution is 4.91. The first-order valence-electron chi connectivity index (χ1n) is 11.1. The summed E-state index contributed by atoms with van der Waals surface area (Å²) < 4.78 is 40.7. The molecule has 2 atom stereocenters. The Balaban J connectivity index is 1.34. The zero-order chi connectivity index (χ0) is 18.5. The van der Waals surface area contributed by atoms with Crippen LogP contribution in [-0.4, -0.2) is 18.5 Å². The lowest BCUT2D eigenvalue weighted by molar-refractivity contribution is -0.00480. The van der Waals surface area contributed by atoms with Crippen LogP contribution in [0.3, 0.4) is 0 Å². The van der Waals surface area contributed by atoms with Gasteiger partial charge in [-0.2, -0.15) is 0 Å². The quantitative estimate of drug-likeness (QED) is 0.443. The van der Waals surface area contributed by atoms with Gasteiger partial charge >= 0.3 is 0 Å². The molecule has 0 radical (unpaired) electrons. The fourth-order valence-electron chi connectivity index (χ4n) is 5.91. The Bertz CT molecular complexity index is 421. The molecule has 0 aromatic rings. The molecule has 0 aliphatic heterocycles. The molecule has 26 heavy (non-hydrogen) atoms. The summed E-state index contributed by atoms with van der Waals surface area (Å²) in [5, 5.41) is 0. The molecule has 0 N–H and O–H groups in total. The van der Waals surface area contributed by atoms with Crippen LogP contribution in [0.5, 0.6) is 0 Å². The van der Waals surface area contributed by atoms with Gasteiger partial charge in [0.05, 0.1) is 0 Å². The van der Waals surface area contributed by atoms with Gasteiger partial charge in [-0.15, -0.1) is 0 Å². The number of alkyl halides is 3. The van der Waals surface area contributed by atoms with Gasteiger partial charge in [-0.05, 0) is 87.9 Å². The minimum atomic E-state index is -1.88. The predicted octanol–water partition coefficient (Wildman–Crippen LogP) is 7.38. The maximum atomic E-state index is 13.7. The third-order valence-corrected chi connectivity index (χ3v) is 7.64. The molecule has 150 valence electrons. The molecule has 0 nitrogen and oxygen atoms in total. The van der Waals surface area contributed by atoms with Crippen LogP contribution in [0.15, 0.2) is 12.2 Å². The molecule has 0 amide bonds. The zero-order valence-electron chi connectivity index (χ0n) is 16.4. The zero-order valence-corrected chi connectivity index (χ0v) is 16.4. The van der Waals surface area contributed by atoms with Crippen molar-refractivity contribution in [3.63, 3.8) is 0 Å². The SMILES string of the molecule is C/C=C/C1CCC(CCC2CCC(C3CC(F)C(F)C(F)C3)CC2)CC1. The number of hydrogen-bond donors (Lipinski definition) is 0. The third-order valence-electron chi connectivity index (χ3n) is 7.64. The highest BCUT2D eigenvalue weighted by Gasteiger charge is 2.42. The van der Waals surface area contributed by atoms with Crippen LogP contribution in [0, 0.1) is 29.6 Å². The standard InChI is InChI=1S/C23H37F3/c1-2-3-16-4-6-17(7-5-16)8-9-18-10-12-19(13-11-18)20-14-21(24)23(26)22(25)15-20/h2-3,16-23H,4-15H2,1H3/b3-2+. The van der Waals surface area contributed by atoms with E-state index in [1.807, 2.05) is 0 Å². The Morgan fingerprint density at radius 1 is 0.692 bits per heavy atom. The van der Waals surface area contributed by atoms with Crippen molar-refractivity contribution in [1.82, 2.24) is 0 Å². The van der Waals surface area contributed by atoms with Crippen molar-refractivity contribution in [3.8, 4) is 0 Å². The van der Waals surface area contributed by atoms with Crippen LogP contribution in [0.25, 0.3) is 0 Å². The van der Waals surface area contributed by atoms with Crippen LogP contribution >= 0.6 is 0 Å². The van der Waals surface area contributed by atoms with E-state index < -0.39 is 18.5 Å². The van der Waals surface area contributed by atoms with E-state index in [9.17, 15) is 13.2 Å². The van der Waals surface area contributed by atoms with E-state index in [1.165, 1.54) is 51.4 Å². The van der Waals surface area contributed by atoms with Crippen molar-refractivity contribution in [3.05, 3.63) is 12.2 Å². The van der Waals surface area contributed by atoms with Gasteiger partial charge in [0.2, 0.25) is 0 Å². The van der Waals surface area contributed by atoms with E-state index in [2.05, 4.69) is 19.1 Å². The van der Waals surface area contributed by atoms with Crippen LogP contribution in [0.2, 0.25) is 0 Å². The number of rotatable bonds is 5. The molecule has 3 heteroatoms. The van der Waals surface area contributed by atoms with E-state index in [4.69, 9.17) is 0 Å². The molecule has 3 fully saturated rings. The topological polar surface area (TPSA) is 0 Å². The molecular weight excluding hydrogens is 333 g/mol. The molecule has 0 bridgehead atoms. The first kappa shape index (κ1) is 20.3. The number of halogens is 3. The summed E-state index contributed by atoms with van der Waals surface area (Å²) in [6.45, 7) is 2.12. The van der Waals surface area contributed by atoms with Gasteiger partial charge in [0.15, 0.2) is 6.17 Å². The lowest BCUT2D eigenvalue weighted by Crippen LogP contribution is -2.40. The van der Waals surface area contributed by atoms with Crippen molar-refractivity contribution >= 4 is 0 Å². The average molecular weight is 371 g/mol. The summed E-state index contributed by atoms with van der Waals surface area (Å²) in [5.41, 5.74) is 0. The first-order chi connectivity index (χ1) is 12.6. The Kier molecular flexibility index (Phi) is 7.52. The lowest BCUT2D eigenvalue weighted by Gasteiger charge is -2.39. The van der Waals surface area contributed by atoms with Crippen LogP contribution in [0.1, 0.15) is 84.0 Å². The highest BCUT2D eigenvalue weighted by atomic mass is 19.2. The molecule has 0 saturated heterocycles. The summed E-state index contributed by atoms with van der Waals surface area (Å²) in [6.07, 6.45) is 12.8. The molecule has 3 aliphatic rings. The fourth-order valence-corrected chi connectivity index (χ4v) is 5.91. The van der Waals surface area contributed by atoms with E-state index in [1.54, 1.807) is 0 Å². The lowest BCUT2D eigenvalue weighted by atomic mass is 9.69. The maximum absolute atomic E-state index is 13.7. The number of hydrogen-bond acceptors (Lipinski definition) is 0. The van der Waals surface area contributed by atoms with E-state index in [-0.39, 0.29) is 18.8 Å². The van der Waals surface area contributed by atoms with Crippen molar-refractivity contribution in [2.75, 3.05) is 0 Å². The Hall–Kier alpha value is -0.470. The Morgan fingerprint density at radius 3 is 1.69 bits per heavy atom. The van der Waals surface area contributed by atoms with Gasteiger partial charge in [0, 0.05) is 0 Å². The minimum Gasteiger partial charge on any atom is -0.244 e. The molecule has 0 aromatic heterocycles. The summed E-state index contributed by atoms with van der Waals surface area (Å²) in [5.74, 6) is 3.01. The maximum Gasteiger partial charge on any atom is 0.162 e. The second-order valence-corrected chi connectivity index (χ2v) is 9.37. The first-order valence-corrected chi connectivity index (χ1v) is 11.1. The minimum absolute atomic E-state index is 0.0647. The highest BCUT2D eigenvalue weighted by Crippen LogP contribution is 2.43. The van der Waals surface area contributed by atoms with E-state index in [0.717, 1.165) is 30.6 Å². The smallest absolute Gasteiger partial charge is 0.162 e. The van der Waals surface area contributed by atoms with Crippen molar-refractivity contribution in [1.29, 1.82) is 0 Å². The predicted molar refractivity (Wildman–Crippen MR) is 102 cm³/mol. The summed E-state index contributed by atoms with van der Waals surface area (Å²) in [4.78, 5) is 0. The molecular formula is C23H37F3. The Labute approximate surface area is 158 Å². The van der Waals surface area contributed by atoms with Gasteiger partial charge in [0.1, 0.15) is 12.3 Å². The largest absolute Gasteiger partial charge is 0.244 e. The average Bonchev–Trinajstić information content (AvgIpc) is 2.66. The summed E-state index contributed by atoms with van der Waals surface area (Å²) >= 11 is 0. The fraction of sp³-hybridized carbons (Fsp3) is 0.913. The molecule has 2 unspecified atom stereocenters. The molecule has 0 heterocycles. The van der Waals surface area contributed by atoms with E-state index in [0.29, 0.717) is 5.92 Å². The van der Waals surface area contributed by atoms with Gasteiger partial charge in [-0.1, -0.05) is 37.8 Å². The van der Waals surface area contributed by atoms with Gasteiger partial charge in [-0.3, -0.25) is 0 Å². The van der Waals surface area contributed by atoms with Crippen molar-refractivity contribution < 1.29 is 13.2 Å². The second kappa shape index (κ2) is 9.64. The molecule has 0 spiro atoms. The normalized spacial score (nSPS) is 45.1. The van der Waals surface area contributed by atoms with Gasteiger partial charge in [0.25, 0.3) is 0 Å². The summed E-state index contributed by atoms with van der Waals surface area (Å²) in [6, 6.07) is 0. The van der Waals surface area contributed by atoms with Crippen LogP contribution in [-0.2, 0) is 0 Å². The molecule has 3 aliphatic carbocycles. The van der Waals surface area contributed by atoms with Gasteiger partial charge < -0.3 is 0 Å². The third kappa shape index (κ3) is 5.29. The Morgan fingerprint density at radius 2 is 1.19 bits per heavy atom. The van der Waals surface area contributed by atoms with Crippen molar-refractivity contribution in [2.24, 2.45) is 29.6 Å². The van der Waals surface area contributed by atoms with Crippen LogP contribution in [0.4, 0.5) is 13.2 Å². The van der Waals surface area contributed by atoms with Gasteiger partial charge in [-0.25, -0.2) is 13.2 Å².